The number of aliphatic carboxylic acids is 1. The Morgan fingerprint density at radius 3 is 1.68 bits per heavy atom. The van der Waals surface area contributed by atoms with Crippen LogP contribution in [0.25, 0.3) is 71.9 Å². The number of carboxylic acid groups (broad SMARTS) is 1. The van der Waals surface area contributed by atoms with Gasteiger partial charge in [-0.25, -0.2) is 38.3 Å². The van der Waals surface area contributed by atoms with Crippen molar-refractivity contribution in [2.45, 2.75) is 115 Å². The van der Waals surface area contributed by atoms with Crippen LogP contribution in [0.15, 0.2) is 71.9 Å². The van der Waals surface area contributed by atoms with Crippen LogP contribution in [-0.4, -0.2) is 154 Å². The van der Waals surface area contributed by atoms with Crippen LogP contribution in [0.4, 0.5) is 0 Å². The van der Waals surface area contributed by atoms with E-state index >= 15 is 0 Å². The molecular formula is C64H69ClN16O7S11. The first-order valence-corrected chi connectivity index (χ1v) is 38.7. The quantitative estimate of drug-likeness (QED) is 0.0654. The average molecular weight is 1560 g/mol. The van der Waals surface area contributed by atoms with Crippen molar-refractivity contribution < 1.29 is 33.8 Å². The molecule has 2 saturated carbocycles. The lowest BCUT2D eigenvalue weighted by molar-refractivity contribution is -0.138. The molecule has 3 amide bonds. The molecule has 35 heteroatoms. The predicted molar refractivity (Wildman–Crippen MR) is 413 cm³/mol. The summed E-state index contributed by atoms with van der Waals surface area (Å²) in [6, 6.07) is 13.0. The number of fused-ring (bicyclic) bond motifs is 6. The molecule has 4 aliphatic rings. The van der Waals surface area contributed by atoms with Crippen LogP contribution >= 0.6 is 118 Å². The second-order valence-corrected chi connectivity index (χ2v) is 31.7. The summed E-state index contributed by atoms with van der Waals surface area (Å²) in [5.41, 5.74) is 16.4. The van der Waals surface area contributed by atoms with Gasteiger partial charge in [0.2, 0.25) is 5.91 Å². The number of halogens is 1. The first kappa shape index (κ1) is 74.0. The van der Waals surface area contributed by atoms with Gasteiger partial charge in [0.1, 0.15) is 32.5 Å². The minimum absolute atomic E-state index is 0. The number of amides is 3. The maximum Gasteiger partial charge on any atom is 0.325 e. The summed E-state index contributed by atoms with van der Waals surface area (Å²) >= 11 is 29.2. The van der Waals surface area contributed by atoms with Crippen molar-refractivity contribution in [3.63, 3.8) is 0 Å². The van der Waals surface area contributed by atoms with Gasteiger partial charge in [-0.1, -0.05) is 24.4 Å². The maximum atomic E-state index is 14.0. The van der Waals surface area contributed by atoms with Crippen molar-refractivity contribution in [1.29, 1.82) is 0 Å². The van der Waals surface area contributed by atoms with E-state index in [1.807, 2.05) is 71.1 Å². The minimum atomic E-state index is -1.09. The number of aromatic nitrogens is 12. The third-order valence-corrected chi connectivity index (χ3v) is 25.3. The van der Waals surface area contributed by atoms with Gasteiger partial charge in [-0.05, 0) is 143 Å². The van der Waals surface area contributed by atoms with Crippen LogP contribution in [0.2, 0.25) is 0 Å². The summed E-state index contributed by atoms with van der Waals surface area (Å²) in [5.74, 6) is -0.0665. The van der Waals surface area contributed by atoms with Crippen molar-refractivity contribution in [3.8, 4) is 21.1 Å². The molecule has 520 valence electrons. The molecule has 0 spiro atoms. The van der Waals surface area contributed by atoms with E-state index in [0.29, 0.717) is 79.6 Å². The zero-order valence-electron chi connectivity index (χ0n) is 53.5. The monoisotopic (exact) mass is 1560 g/mol. The van der Waals surface area contributed by atoms with E-state index in [0.717, 1.165) is 102 Å². The number of carbonyl (C=O) groups excluding carboxylic acids is 3. The molecule has 14 heterocycles. The zero-order chi connectivity index (χ0) is 67.6. The van der Waals surface area contributed by atoms with Gasteiger partial charge in [0.25, 0.3) is 11.8 Å². The SMILES string of the molecule is Cc1cc2ncc(-c3nc4c(s3)c(C(N)=O)nn4CC(=O)N3CCCOC[C@H]3C(=S)CC3CCC(c4cc5sccc5s4)C3)cn2n1.Cc1cc2ncc(-c3nc4c(s3)c(C(N)=O)nn4CC(=O)O)cn2n1.Cl.S.S=C(CC1CCC(c2cc3sccc3s2)C1)[C@@H]1COCCCN1.S=S. The van der Waals surface area contributed by atoms with Crippen LogP contribution in [0.3, 0.4) is 0 Å². The normalized spacial score (nSPS) is 19.4. The van der Waals surface area contributed by atoms with Crippen molar-refractivity contribution >= 4 is 225 Å². The molecule has 2 aliphatic carbocycles. The lowest BCUT2D eigenvalue weighted by Crippen LogP contribution is -2.48. The van der Waals surface area contributed by atoms with Crippen molar-refractivity contribution in [3.05, 3.63) is 104 Å². The standard InChI is InChI=1S/C32H32N8O3S4.C18H23NOS3.C14H11N7O3S.ClH.S2.H2S/c1-17-9-26-34-13-20(14-39(26)36-17)32-35-31-29(47-32)28(30(33)42)37-40(31)15-27(41)38-6-2-7-43-16-21(38)22(44)11-18-3-4-19(10-18)24-12-25-23(46-24)5-8-45-25;21-15(14-11-20-6-1-5-19-14)9-12-2-3-13(8-12)17-10-18-16(23-17)4-7-22-18;1-6-2-8-16-3-7(4-20(8)18-6)14-17-13-11(25-14)10(12(15)24)19-21(13)5-9(22)23;;1-2;/h5,8-9,12-14,18-19,21H,2-4,6-7,10-11,15-16H2,1H3,(H2,33,42);4,7,10,12-14,19H,1-3,5-6,8-9,11H2;2-4H,5H2,1H3,(H2,15,24)(H,22,23);1H;;1H2/t18?,19?,21-;12?,13?,14-;;;;/m00..../s1. The topological polar surface area (TPSA) is 296 Å². The van der Waals surface area contributed by atoms with E-state index in [1.54, 1.807) is 43.8 Å². The number of rotatable bonds is 16. The Morgan fingerprint density at radius 2 is 1.16 bits per heavy atom. The number of nitrogens with one attached hydrogen (secondary N) is 1. The smallest absolute Gasteiger partial charge is 0.325 e. The number of aryl methyl sites for hydroxylation is 2. The Labute approximate surface area is 625 Å². The van der Waals surface area contributed by atoms with Gasteiger partial charge in [-0.3, -0.25) is 19.2 Å². The Bertz CT molecular complexity index is 4860. The number of primary amides is 2. The largest absolute Gasteiger partial charge is 0.480 e. The summed E-state index contributed by atoms with van der Waals surface area (Å²) in [4.78, 5) is 74.0. The molecule has 0 radical (unpaired) electrons. The second kappa shape index (κ2) is 32.8. The molecule has 12 aromatic heterocycles. The molecule has 12 aromatic rings. The molecule has 0 aromatic carbocycles. The fourth-order valence-corrected chi connectivity index (χ4v) is 20.6. The predicted octanol–water partition coefficient (Wildman–Crippen LogP) is 12.1. The summed E-state index contributed by atoms with van der Waals surface area (Å²) < 4.78 is 24.2. The lowest BCUT2D eigenvalue weighted by Gasteiger charge is -2.31. The van der Waals surface area contributed by atoms with Crippen LogP contribution in [-0.2, 0) is 54.5 Å². The number of ether oxygens (including phenoxy) is 2. The number of carboxylic acids is 1. The van der Waals surface area contributed by atoms with Gasteiger partial charge >= 0.3 is 5.97 Å². The van der Waals surface area contributed by atoms with E-state index in [-0.39, 0.29) is 55.8 Å². The molecule has 6 atom stereocenters. The van der Waals surface area contributed by atoms with Gasteiger partial charge in [-0.2, -0.15) is 33.9 Å². The lowest BCUT2D eigenvalue weighted by atomic mass is 9.96. The summed E-state index contributed by atoms with van der Waals surface area (Å²) in [6.07, 6.45) is 18.1. The Hall–Kier alpha value is -6.22. The number of thiophene rings is 4. The maximum absolute atomic E-state index is 14.0. The highest BCUT2D eigenvalue weighted by atomic mass is 35.5. The van der Waals surface area contributed by atoms with Gasteiger partial charge in [0.05, 0.1) is 36.7 Å². The van der Waals surface area contributed by atoms with Crippen molar-refractivity contribution in [1.82, 2.24) is 68.9 Å². The molecular weight excluding hydrogens is 1490 g/mol. The summed E-state index contributed by atoms with van der Waals surface area (Å²) in [7, 11) is 0. The van der Waals surface area contributed by atoms with Crippen LogP contribution in [0.5, 0.6) is 0 Å². The first-order chi connectivity index (χ1) is 47.0. The molecule has 2 saturated heterocycles. The Kier molecular flexibility index (Phi) is 24.5. The van der Waals surface area contributed by atoms with Crippen molar-refractivity contribution in [2.24, 2.45) is 23.3 Å². The fourth-order valence-electron chi connectivity index (χ4n) is 13.2. The van der Waals surface area contributed by atoms with Crippen LogP contribution < -0.4 is 16.8 Å². The number of thiocarbonyl (C=S) groups is 2. The number of hydrogen-bond donors (Lipinski definition) is 4. The second-order valence-electron chi connectivity index (χ2n) is 24.5. The van der Waals surface area contributed by atoms with Gasteiger partial charge < -0.3 is 36.3 Å². The highest BCUT2D eigenvalue weighted by molar-refractivity contribution is 8.07. The van der Waals surface area contributed by atoms with Gasteiger partial charge in [-0.15, -0.1) is 80.4 Å². The van der Waals surface area contributed by atoms with Crippen LogP contribution in [0.1, 0.15) is 118 Å². The van der Waals surface area contributed by atoms with E-state index < -0.39 is 24.3 Å². The average Bonchev–Trinajstić information content (AvgIpc) is 1.62. The molecule has 16 rings (SSSR count). The Balaban J connectivity index is 0.000000161. The van der Waals surface area contributed by atoms with Crippen molar-refractivity contribution in [2.75, 3.05) is 39.5 Å². The van der Waals surface area contributed by atoms with Crippen LogP contribution in [0, 0.1) is 25.7 Å². The summed E-state index contributed by atoms with van der Waals surface area (Å²) in [6.45, 7) is 7.41. The Morgan fingerprint density at radius 1 is 0.657 bits per heavy atom. The number of carbonyl (C=O) groups is 4. The van der Waals surface area contributed by atoms with Gasteiger partial charge in [0.15, 0.2) is 34.0 Å². The highest BCUT2D eigenvalue weighted by Crippen LogP contribution is 2.47. The molecule has 6 N–H and O–H groups in total. The number of thiazole rings is 2. The van der Waals surface area contributed by atoms with E-state index in [4.69, 9.17) is 55.5 Å². The molecule has 4 fully saturated rings. The summed E-state index contributed by atoms with van der Waals surface area (Å²) in [5, 5.41) is 35.2. The highest BCUT2D eigenvalue weighted by Gasteiger charge is 2.35. The third-order valence-electron chi connectivity index (χ3n) is 17.7. The van der Waals surface area contributed by atoms with E-state index in [2.05, 4.69) is 98.1 Å². The minimum Gasteiger partial charge on any atom is -0.480 e. The number of nitrogens with two attached hydrogens (primary N) is 2. The van der Waals surface area contributed by atoms with E-state index in [9.17, 15) is 19.2 Å². The fraction of sp³-hybridized carbons (Fsp3) is 0.406. The molecule has 2 aliphatic heterocycles. The molecule has 4 unspecified atom stereocenters. The van der Waals surface area contributed by atoms with E-state index in [1.165, 1.54) is 81.6 Å². The molecule has 99 heavy (non-hydrogen) atoms. The zero-order valence-corrected chi connectivity index (χ0v) is 63.5. The van der Waals surface area contributed by atoms with Gasteiger partial charge in [0, 0.05) is 128 Å². The molecule has 23 nitrogen and oxygen atoms in total. The third kappa shape index (κ3) is 16.7. The number of hydrogen-bond acceptors (Lipinski definition) is 25. The first-order valence-electron chi connectivity index (χ1n) is 31.6. The number of nitrogens with zero attached hydrogens (tertiary/aromatic N) is 13. The molecule has 0 bridgehead atoms.